The van der Waals surface area contributed by atoms with Crippen LogP contribution in [0.1, 0.15) is 47.5 Å². The molecule has 0 bridgehead atoms. The summed E-state index contributed by atoms with van der Waals surface area (Å²) >= 11 is 0. The van der Waals surface area contributed by atoms with Crippen LogP contribution in [0.2, 0.25) is 18.1 Å². The van der Waals surface area contributed by atoms with Crippen LogP contribution < -0.4 is 0 Å². The van der Waals surface area contributed by atoms with Crippen molar-refractivity contribution < 1.29 is 4.43 Å². The summed E-state index contributed by atoms with van der Waals surface area (Å²) in [6, 6.07) is 5.67. The van der Waals surface area contributed by atoms with Crippen LogP contribution in [0.4, 0.5) is 0 Å². The standard InChI is InChI=1S/C14H27NOSi/c1-6-10-11-12-14(5,13-15)16-17(7-2,8-3)9-4/h6,10H,7-9,11-12H2,1-5H3/b10-6+. The molecule has 0 rings (SSSR count). The second-order valence-corrected chi connectivity index (χ2v) is 9.49. The number of nitrogens with zero attached hydrogens (tertiary/aromatic N) is 1. The van der Waals surface area contributed by atoms with Crippen LogP contribution in [-0.4, -0.2) is 13.9 Å². The van der Waals surface area contributed by atoms with Gasteiger partial charge in [0.2, 0.25) is 0 Å². The molecule has 0 aliphatic rings. The van der Waals surface area contributed by atoms with Gasteiger partial charge in [0, 0.05) is 0 Å². The topological polar surface area (TPSA) is 33.0 Å². The molecule has 0 fully saturated rings. The zero-order chi connectivity index (χ0) is 13.4. The molecule has 3 heteroatoms. The Balaban J connectivity index is 4.70. The van der Waals surface area contributed by atoms with Crippen molar-refractivity contribution in [3.05, 3.63) is 12.2 Å². The van der Waals surface area contributed by atoms with E-state index in [2.05, 4.69) is 32.9 Å². The average molecular weight is 253 g/mol. The highest BCUT2D eigenvalue weighted by molar-refractivity contribution is 6.73. The highest BCUT2D eigenvalue weighted by atomic mass is 28.4. The molecule has 1 unspecified atom stereocenters. The second-order valence-electron chi connectivity index (χ2n) is 4.80. The van der Waals surface area contributed by atoms with Crippen LogP contribution in [0.15, 0.2) is 12.2 Å². The summed E-state index contributed by atoms with van der Waals surface area (Å²) in [5.74, 6) is 0. The summed E-state index contributed by atoms with van der Waals surface area (Å²) in [4.78, 5) is 0. The van der Waals surface area contributed by atoms with Crippen molar-refractivity contribution in [1.29, 1.82) is 5.26 Å². The average Bonchev–Trinajstić information content (AvgIpc) is 2.37. The maximum Gasteiger partial charge on any atom is 0.194 e. The first kappa shape index (κ1) is 16.4. The van der Waals surface area contributed by atoms with Crippen LogP contribution >= 0.6 is 0 Å². The Morgan fingerprint density at radius 2 is 1.76 bits per heavy atom. The molecular weight excluding hydrogens is 226 g/mol. The minimum atomic E-state index is -1.68. The number of nitriles is 1. The van der Waals surface area contributed by atoms with E-state index in [9.17, 15) is 5.26 Å². The first-order chi connectivity index (χ1) is 8.01. The molecular formula is C14H27NOSi. The highest BCUT2D eigenvalue weighted by Gasteiger charge is 2.37. The van der Waals surface area contributed by atoms with E-state index in [1.165, 1.54) is 0 Å². The lowest BCUT2D eigenvalue weighted by Gasteiger charge is -2.36. The molecule has 0 aromatic rings. The van der Waals surface area contributed by atoms with E-state index in [0.29, 0.717) is 0 Å². The van der Waals surface area contributed by atoms with E-state index in [0.717, 1.165) is 31.0 Å². The molecule has 1 atom stereocenters. The minimum absolute atomic E-state index is 0.603. The lowest BCUT2D eigenvalue weighted by atomic mass is 10.0. The molecule has 0 N–H and O–H groups in total. The molecule has 2 nitrogen and oxygen atoms in total. The predicted molar refractivity (Wildman–Crippen MR) is 76.3 cm³/mol. The highest BCUT2D eigenvalue weighted by Crippen LogP contribution is 2.30. The van der Waals surface area contributed by atoms with Crippen molar-refractivity contribution in [1.82, 2.24) is 0 Å². The largest absolute Gasteiger partial charge is 0.399 e. The van der Waals surface area contributed by atoms with Crippen LogP contribution in [-0.2, 0) is 4.43 Å². The first-order valence-corrected chi connectivity index (χ1v) is 9.27. The summed E-state index contributed by atoms with van der Waals surface area (Å²) in [5, 5.41) is 9.36. The van der Waals surface area contributed by atoms with E-state index in [1.54, 1.807) is 0 Å². The molecule has 17 heavy (non-hydrogen) atoms. The number of hydrogen-bond acceptors (Lipinski definition) is 2. The predicted octanol–water partition coefficient (Wildman–Crippen LogP) is 4.65. The van der Waals surface area contributed by atoms with Gasteiger partial charge in [-0.05, 0) is 44.8 Å². The molecule has 0 heterocycles. The van der Waals surface area contributed by atoms with Gasteiger partial charge in [0.25, 0.3) is 0 Å². The molecule has 0 radical (unpaired) electrons. The Morgan fingerprint density at radius 1 is 1.24 bits per heavy atom. The number of allylic oxidation sites excluding steroid dienone is 2. The summed E-state index contributed by atoms with van der Waals surface area (Å²) in [5.41, 5.74) is -0.603. The van der Waals surface area contributed by atoms with Gasteiger partial charge in [0.1, 0.15) is 5.60 Å². The van der Waals surface area contributed by atoms with Crippen molar-refractivity contribution in [2.45, 2.75) is 71.2 Å². The van der Waals surface area contributed by atoms with Gasteiger partial charge < -0.3 is 4.43 Å². The molecule has 0 aromatic carbocycles. The van der Waals surface area contributed by atoms with Crippen molar-refractivity contribution >= 4 is 8.32 Å². The van der Waals surface area contributed by atoms with E-state index in [-0.39, 0.29) is 0 Å². The lowest BCUT2D eigenvalue weighted by molar-refractivity contribution is 0.125. The van der Waals surface area contributed by atoms with Crippen LogP contribution in [0.5, 0.6) is 0 Å². The Morgan fingerprint density at radius 3 is 2.12 bits per heavy atom. The minimum Gasteiger partial charge on any atom is -0.399 e. The third kappa shape index (κ3) is 5.05. The fourth-order valence-electron chi connectivity index (χ4n) is 2.10. The molecule has 0 saturated heterocycles. The Hall–Kier alpha value is -0.593. The zero-order valence-electron chi connectivity index (χ0n) is 12.0. The Bertz CT molecular complexity index is 270. The van der Waals surface area contributed by atoms with Crippen molar-refractivity contribution in [2.75, 3.05) is 0 Å². The molecule has 0 aromatic heterocycles. The van der Waals surface area contributed by atoms with E-state index in [1.807, 2.05) is 19.9 Å². The summed E-state index contributed by atoms with van der Waals surface area (Å²) in [6.45, 7) is 10.5. The number of hydrogen-bond donors (Lipinski definition) is 0. The fraction of sp³-hybridized carbons (Fsp3) is 0.786. The van der Waals surface area contributed by atoms with Gasteiger partial charge in [0.15, 0.2) is 8.32 Å². The Kier molecular flexibility index (Phi) is 7.41. The van der Waals surface area contributed by atoms with E-state index in [4.69, 9.17) is 4.43 Å². The van der Waals surface area contributed by atoms with Crippen molar-refractivity contribution in [3.63, 3.8) is 0 Å². The smallest absolute Gasteiger partial charge is 0.194 e. The maximum absolute atomic E-state index is 9.36. The van der Waals surface area contributed by atoms with Crippen LogP contribution in [0.3, 0.4) is 0 Å². The Labute approximate surface area is 108 Å². The van der Waals surface area contributed by atoms with E-state index >= 15 is 0 Å². The maximum atomic E-state index is 9.36. The summed E-state index contributed by atoms with van der Waals surface area (Å²) in [6.07, 6.45) is 5.85. The SMILES string of the molecule is C/C=C/CCC(C)(C#N)O[Si](CC)(CC)CC. The van der Waals surface area contributed by atoms with Gasteiger partial charge in [-0.2, -0.15) is 5.26 Å². The van der Waals surface area contributed by atoms with Gasteiger partial charge in [-0.15, -0.1) is 0 Å². The fourth-order valence-corrected chi connectivity index (χ4v) is 5.14. The lowest BCUT2D eigenvalue weighted by Crippen LogP contribution is -2.45. The molecule has 0 aliphatic heterocycles. The molecule has 0 amide bonds. The van der Waals surface area contributed by atoms with Gasteiger partial charge in [-0.3, -0.25) is 0 Å². The van der Waals surface area contributed by atoms with E-state index < -0.39 is 13.9 Å². The summed E-state index contributed by atoms with van der Waals surface area (Å²) < 4.78 is 6.31. The van der Waals surface area contributed by atoms with Gasteiger partial charge >= 0.3 is 0 Å². The first-order valence-electron chi connectivity index (χ1n) is 6.74. The van der Waals surface area contributed by atoms with Crippen LogP contribution in [0.25, 0.3) is 0 Å². The van der Waals surface area contributed by atoms with Crippen molar-refractivity contribution in [2.24, 2.45) is 0 Å². The van der Waals surface area contributed by atoms with Gasteiger partial charge in [-0.1, -0.05) is 32.9 Å². The molecule has 98 valence electrons. The number of rotatable bonds is 8. The third-order valence-corrected chi connectivity index (χ3v) is 8.38. The normalized spacial score (nSPS) is 15.8. The second kappa shape index (κ2) is 7.68. The zero-order valence-corrected chi connectivity index (χ0v) is 13.0. The molecule has 0 aliphatic carbocycles. The summed E-state index contributed by atoms with van der Waals surface area (Å²) in [7, 11) is -1.68. The van der Waals surface area contributed by atoms with Gasteiger partial charge in [0.05, 0.1) is 6.07 Å². The quantitative estimate of drug-likeness (QED) is 0.466. The molecule has 0 saturated carbocycles. The van der Waals surface area contributed by atoms with Crippen LogP contribution in [0, 0.1) is 11.3 Å². The van der Waals surface area contributed by atoms with Crippen molar-refractivity contribution in [3.8, 4) is 6.07 Å². The van der Waals surface area contributed by atoms with Gasteiger partial charge in [-0.25, -0.2) is 0 Å². The molecule has 0 spiro atoms. The third-order valence-electron chi connectivity index (χ3n) is 3.64. The monoisotopic (exact) mass is 253 g/mol.